The van der Waals surface area contributed by atoms with E-state index >= 15 is 0 Å². The summed E-state index contributed by atoms with van der Waals surface area (Å²) in [5, 5.41) is 6.78. The molecule has 108 valence electrons. The number of rotatable bonds is 3. The lowest BCUT2D eigenvalue weighted by molar-refractivity contribution is -0.128. The predicted octanol–water partition coefficient (Wildman–Crippen LogP) is 1.63. The first-order chi connectivity index (χ1) is 9.58. The largest absolute Gasteiger partial charge is 0.361 e. The Bertz CT molecular complexity index is 550. The number of aromatic nitrogens is 1. The zero-order valence-electron chi connectivity index (χ0n) is 11.8. The number of nitrogens with one attached hydrogen (secondary N) is 1. The molecule has 6 heteroatoms. The zero-order chi connectivity index (χ0) is 14.3. The molecule has 1 fully saturated rings. The first-order valence-electron chi connectivity index (χ1n) is 7.16. The molecule has 6 nitrogen and oxygen atoms in total. The second-order valence-corrected chi connectivity index (χ2v) is 5.83. The minimum Gasteiger partial charge on any atom is -0.361 e. The Morgan fingerprint density at radius 3 is 2.80 bits per heavy atom. The number of fused-ring (bicyclic) bond motifs is 1. The van der Waals surface area contributed by atoms with Crippen molar-refractivity contribution in [1.82, 2.24) is 15.4 Å². The third kappa shape index (κ3) is 2.09. The smallest absolute Gasteiger partial charge is 0.325 e. The molecule has 3 amide bonds. The molecule has 0 aromatic carbocycles. The Kier molecular flexibility index (Phi) is 3.23. The van der Waals surface area contributed by atoms with Gasteiger partial charge in [-0.2, -0.15) is 0 Å². The normalized spacial score (nSPS) is 22.4. The summed E-state index contributed by atoms with van der Waals surface area (Å²) >= 11 is 0. The van der Waals surface area contributed by atoms with E-state index < -0.39 is 6.04 Å². The molecule has 1 atom stereocenters. The van der Waals surface area contributed by atoms with Gasteiger partial charge in [-0.05, 0) is 25.2 Å². The summed E-state index contributed by atoms with van der Waals surface area (Å²) in [4.78, 5) is 25.4. The van der Waals surface area contributed by atoms with Crippen LogP contribution in [0.5, 0.6) is 0 Å². The fourth-order valence-electron chi connectivity index (χ4n) is 2.87. The van der Waals surface area contributed by atoms with Crippen LogP contribution in [0.3, 0.4) is 0 Å². The second-order valence-electron chi connectivity index (χ2n) is 5.83. The minimum absolute atomic E-state index is 0.0858. The van der Waals surface area contributed by atoms with E-state index in [0.717, 1.165) is 42.7 Å². The van der Waals surface area contributed by atoms with Crippen LogP contribution in [0.25, 0.3) is 0 Å². The number of carbonyl (C=O) groups is 2. The van der Waals surface area contributed by atoms with E-state index in [1.165, 1.54) is 4.90 Å². The van der Waals surface area contributed by atoms with Crippen LogP contribution in [0.2, 0.25) is 0 Å². The highest BCUT2D eigenvalue weighted by Gasteiger charge is 2.40. The molecule has 0 radical (unpaired) electrons. The molecule has 2 aliphatic rings. The van der Waals surface area contributed by atoms with Crippen molar-refractivity contribution in [2.45, 2.75) is 52.1 Å². The van der Waals surface area contributed by atoms with Gasteiger partial charge in [0.1, 0.15) is 17.5 Å². The van der Waals surface area contributed by atoms with Crippen molar-refractivity contribution >= 4 is 11.9 Å². The number of carbonyl (C=O) groups excluding carboxylic acids is 2. The molecule has 0 saturated carbocycles. The van der Waals surface area contributed by atoms with Gasteiger partial charge in [-0.3, -0.25) is 9.69 Å². The fourth-order valence-corrected chi connectivity index (χ4v) is 2.87. The first kappa shape index (κ1) is 13.1. The van der Waals surface area contributed by atoms with Crippen molar-refractivity contribution < 1.29 is 14.1 Å². The highest BCUT2D eigenvalue weighted by molar-refractivity contribution is 6.04. The van der Waals surface area contributed by atoms with Gasteiger partial charge in [0.15, 0.2) is 0 Å². The Morgan fingerprint density at radius 2 is 2.10 bits per heavy atom. The summed E-state index contributed by atoms with van der Waals surface area (Å²) in [5.74, 6) is 0.832. The van der Waals surface area contributed by atoms with E-state index in [4.69, 9.17) is 4.52 Å². The highest BCUT2D eigenvalue weighted by Crippen LogP contribution is 2.26. The van der Waals surface area contributed by atoms with Gasteiger partial charge in [0.2, 0.25) is 0 Å². The Morgan fingerprint density at radius 1 is 1.35 bits per heavy atom. The first-order valence-corrected chi connectivity index (χ1v) is 7.16. The van der Waals surface area contributed by atoms with Gasteiger partial charge in [-0.25, -0.2) is 4.79 Å². The van der Waals surface area contributed by atoms with Gasteiger partial charge in [0, 0.05) is 12.0 Å². The van der Waals surface area contributed by atoms with Gasteiger partial charge in [-0.15, -0.1) is 0 Å². The topological polar surface area (TPSA) is 75.4 Å². The van der Waals surface area contributed by atoms with Crippen LogP contribution in [0.1, 0.15) is 43.7 Å². The Balaban J connectivity index is 1.79. The van der Waals surface area contributed by atoms with E-state index in [1.54, 1.807) is 0 Å². The average Bonchev–Trinajstić information content (AvgIpc) is 2.95. The van der Waals surface area contributed by atoms with E-state index in [2.05, 4.69) is 10.5 Å². The van der Waals surface area contributed by atoms with E-state index in [-0.39, 0.29) is 24.4 Å². The number of hydrogen-bond acceptors (Lipinski definition) is 4. The van der Waals surface area contributed by atoms with Gasteiger partial charge in [-0.1, -0.05) is 19.0 Å². The third-order valence-electron chi connectivity index (χ3n) is 4.06. The predicted molar refractivity (Wildman–Crippen MR) is 70.9 cm³/mol. The number of urea groups is 1. The maximum absolute atomic E-state index is 12.2. The van der Waals surface area contributed by atoms with Crippen molar-refractivity contribution in [3.05, 3.63) is 17.0 Å². The van der Waals surface area contributed by atoms with Gasteiger partial charge < -0.3 is 9.84 Å². The van der Waals surface area contributed by atoms with E-state index in [0.29, 0.717) is 0 Å². The van der Waals surface area contributed by atoms with Crippen LogP contribution in [0, 0.1) is 5.92 Å². The van der Waals surface area contributed by atoms with Crippen molar-refractivity contribution in [1.29, 1.82) is 0 Å². The second kappa shape index (κ2) is 4.92. The highest BCUT2D eigenvalue weighted by atomic mass is 16.5. The van der Waals surface area contributed by atoms with E-state index in [9.17, 15) is 9.59 Å². The average molecular weight is 277 g/mol. The van der Waals surface area contributed by atoms with Gasteiger partial charge >= 0.3 is 6.03 Å². The fraction of sp³-hybridized carbons (Fsp3) is 0.643. The molecule has 0 bridgehead atoms. The van der Waals surface area contributed by atoms with Crippen LogP contribution in [-0.2, 0) is 24.2 Å². The van der Waals surface area contributed by atoms with Crippen molar-refractivity contribution in [3.63, 3.8) is 0 Å². The lowest BCUT2D eigenvalue weighted by Crippen LogP contribution is -2.34. The Hall–Kier alpha value is -1.85. The summed E-state index contributed by atoms with van der Waals surface area (Å²) in [5.41, 5.74) is 1.82. The molecule has 20 heavy (non-hydrogen) atoms. The molecule has 3 rings (SSSR count). The molecule has 1 saturated heterocycles. The lowest BCUT2D eigenvalue weighted by atomic mass is 9.96. The molecule has 2 heterocycles. The number of amides is 3. The van der Waals surface area contributed by atoms with Crippen molar-refractivity contribution in [3.8, 4) is 0 Å². The summed E-state index contributed by atoms with van der Waals surface area (Å²) in [6.07, 6.45) is 4.04. The van der Waals surface area contributed by atoms with Crippen LogP contribution < -0.4 is 5.32 Å². The Labute approximate surface area is 117 Å². The summed E-state index contributed by atoms with van der Waals surface area (Å²) in [6.45, 7) is 4.06. The zero-order valence-corrected chi connectivity index (χ0v) is 11.8. The summed E-state index contributed by atoms with van der Waals surface area (Å²) < 4.78 is 5.32. The number of hydrogen-bond donors (Lipinski definition) is 1. The lowest BCUT2D eigenvalue weighted by Gasteiger charge is -2.14. The molecule has 1 aromatic heterocycles. The number of aryl methyl sites for hydroxylation is 1. The standard InChI is InChI=1S/C14H19N3O3/c1-8(2)12-13(18)17(14(19)15-12)7-10-9-5-3-4-6-11(9)20-16-10/h8,12H,3-7H2,1-2H3,(H,15,19)/t12-/m0/s1. The molecule has 1 N–H and O–H groups in total. The monoisotopic (exact) mass is 277 g/mol. The van der Waals surface area contributed by atoms with Crippen LogP contribution in [-0.4, -0.2) is 28.0 Å². The molecule has 1 aliphatic heterocycles. The molecule has 1 aliphatic carbocycles. The molecule has 0 unspecified atom stereocenters. The summed E-state index contributed by atoms with van der Waals surface area (Å²) in [6, 6.07) is -0.758. The van der Waals surface area contributed by atoms with Gasteiger partial charge in [0.05, 0.1) is 6.54 Å². The van der Waals surface area contributed by atoms with Crippen LogP contribution >= 0.6 is 0 Å². The SMILES string of the molecule is CC(C)[C@@H]1NC(=O)N(Cc2noc3c2CCCC3)C1=O. The van der Waals surface area contributed by atoms with Crippen molar-refractivity contribution in [2.75, 3.05) is 0 Å². The van der Waals surface area contributed by atoms with E-state index in [1.807, 2.05) is 13.8 Å². The molecular weight excluding hydrogens is 258 g/mol. The van der Waals surface area contributed by atoms with Gasteiger partial charge in [0.25, 0.3) is 5.91 Å². The van der Waals surface area contributed by atoms with Crippen molar-refractivity contribution in [2.24, 2.45) is 5.92 Å². The molecule has 1 aromatic rings. The molecular formula is C14H19N3O3. The quantitative estimate of drug-likeness (QED) is 0.852. The maximum Gasteiger partial charge on any atom is 0.325 e. The summed E-state index contributed by atoms with van der Waals surface area (Å²) in [7, 11) is 0. The maximum atomic E-state index is 12.2. The number of nitrogens with zero attached hydrogens (tertiary/aromatic N) is 2. The third-order valence-corrected chi connectivity index (χ3v) is 4.06. The minimum atomic E-state index is -0.426. The van der Waals surface area contributed by atoms with Crippen LogP contribution in [0.4, 0.5) is 4.79 Å². The van der Waals surface area contributed by atoms with Crippen LogP contribution in [0.15, 0.2) is 4.52 Å². The molecule has 0 spiro atoms. The number of imide groups is 1.